The first-order valence-electron chi connectivity index (χ1n) is 8.76. The molecule has 27 heavy (non-hydrogen) atoms. The molecular weight excluding hydrogens is 363 g/mol. The van der Waals surface area contributed by atoms with Crippen molar-refractivity contribution in [2.24, 2.45) is 5.41 Å². The third-order valence-electron chi connectivity index (χ3n) is 5.87. The van der Waals surface area contributed by atoms with Gasteiger partial charge < -0.3 is 4.90 Å². The van der Waals surface area contributed by atoms with Gasteiger partial charge in [0.15, 0.2) is 5.41 Å². The van der Waals surface area contributed by atoms with Crippen molar-refractivity contribution in [3.8, 4) is 0 Å². The molecule has 9 heteroatoms. The Labute approximate surface area is 153 Å². The van der Waals surface area contributed by atoms with Gasteiger partial charge in [0.2, 0.25) is 11.8 Å². The predicted molar refractivity (Wildman–Crippen MR) is 88.9 cm³/mol. The van der Waals surface area contributed by atoms with Crippen LogP contribution in [0.2, 0.25) is 0 Å². The van der Waals surface area contributed by atoms with Crippen molar-refractivity contribution >= 4 is 23.5 Å². The van der Waals surface area contributed by atoms with Crippen LogP contribution < -0.4 is 10.2 Å². The van der Waals surface area contributed by atoms with Gasteiger partial charge >= 0.3 is 12.2 Å². The van der Waals surface area contributed by atoms with Crippen LogP contribution in [0, 0.1) is 5.41 Å². The minimum atomic E-state index is -4.52. The maximum absolute atomic E-state index is 13.2. The van der Waals surface area contributed by atoms with Crippen LogP contribution in [0.5, 0.6) is 0 Å². The summed E-state index contributed by atoms with van der Waals surface area (Å²) in [6, 6.07) is 2.16. The van der Waals surface area contributed by atoms with Crippen molar-refractivity contribution in [2.45, 2.75) is 37.9 Å². The zero-order chi connectivity index (χ0) is 19.6. The number of urea groups is 1. The Balaban J connectivity index is 1.89. The Morgan fingerprint density at radius 1 is 1.19 bits per heavy atom. The first-order chi connectivity index (χ1) is 12.7. The summed E-state index contributed by atoms with van der Waals surface area (Å²) in [7, 11) is 1.28. The number of alkyl halides is 3. The Kier molecular flexibility index (Phi) is 3.77. The lowest BCUT2D eigenvalue weighted by Gasteiger charge is -2.53. The maximum Gasteiger partial charge on any atom is 0.416 e. The lowest BCUT2D eigenvalue weighted by atomic mass is 9.66. The number of halogens is 3. The summed E-state index contributed by atoms with van der Waals surface area (Å²) in [6.45, 7) is 0.545. The average Bonchev–Trinajstić information content (AvgIpc) is 2.63. The van der Waals surface area contributed by atoms with Crippen molar-refractivity contribution in [3.05, 3.63) is 29.3 Å². The van der Waals surface area contributed by atoms with E-state index in [1.54, 1.807) is 0 Å². The average molecular weight is 381 g/mol. The van der Waals surface area contributed by atoms with E-state index in [0.29, 0.717) is 24.2 Å². The summed E-state index contributed by atoms with van der Waals surface area (Å²) in [6.07, 6.45) is -2.50. The number of piperidine rings is 1. The van der Waals surface area contributed by atoms with Gasteiger partial charge in [0.1, 0.15) is 0 Å². The van der Waals surface area contributed by atoms with E-state index in [9.17, 15) is 27.6 Å². The van der Waals surface area contributed by atoms with Crippen LogP contribution in [0.15, 0.2) is 18.2 Å². The number of carbonyl (C=O) groups excluding carboxylic acids is 3. The van der Waals surface area contributed by atoms with Gasteiger partial charge in [-0.2, -0.15) is 13.2 Å². The van der Waals surface area contributed by atoms with E-state index in [2.05, 4.69) is 5.32 Å². The van der Waals surface area contributed by atoms with Gasteiger partial charge in [0.05, 0.1) is 11.6 Å². The molecule has 3 heterocycles. The molecule has 0 radical (unpaired) electrons. The van der Waals surface area contributed by atoms with Gasteiger partial charge in [-0.3, -0.25) is 19.8 Å². The third-order valence-corrected chi connectivity index (χ3v) is 5.87. The number of benzene rings is 1. The molecular formula is C18H18F3N3O3. The topological polar surface area (TPSA) is 69.7 Å². The molecule has 2 fully saturated rings. The molecule has 0 bridgehead atoms. The summed E-state index contributed by atoms with van der Waals surface area (Å²) in [5, 5.41) is 2.21. The van der Waals surface area contributed by atoms with Crippen molar-refractivity contribution in [1.82, 2.24) is 10.2 Å². The molecule has 4 amide bonds. The van der Waals surface area contributed by atoms with E-state index in [1.807, 2.05) is 4.90 Å². The number of amides is 4. The van der Waals surface area contributed by atoms with Gasteiger partial charge in [0, 0.05) is 19.3 Å². The molecule has 2 atom stereocenters. The first kappa shape index (κ1) is 17.8. The summed E-state index contributed by atoms with van der Waals surface area (Å²) in [5.41, 5.74) is -1.49. The molecule has 144 valence electrons. The Morgan fingerprint density at radius 2 is 1.93 bits per heavy atom. The van der Waals surface area contributed by atoms with Crippen LogP contribution in [0.3, 0.4) is 0 Å². The van der Waals surface area contributed by atoms with Gasteiger partial charge in [-0.25, -0.2) is 4.79 Å². The molecule has 0 saturated carbocycles. The van der Waals surface area contributed by atoms with Gasteiger partial charge in [-0.05, 0) is 49.4 Å². The normalized spacial score (nSPS) is 28.1. The van der Waals surface area contributed by atoms with E-state index in [0.717, 1.165) is 29.9 Å². The monoisotopic (exact) mass is 381 g/mol. The number of fused-ring (bicyclic) bond motifs is 4. The lowest BCUT2D eigenvalue weighted by Crippen LogP contribution is -2.72. The second-order valence-corrected chi connectivity index (χ2v) is 7.32. The summed E-state index contributed by atoms with van der Waals surface area (Å²) >= 11 is 0. The zero-order valence-electron chi connectivity index (χ0n) is 14.6. The predicted octanol–water partition coefficient (Wildman–Crippen LogP) is 2.32. The number of carbonyl (C=O) groups is 3. The van der Waals surface area contributed by atoms with Crippen LogP contribution >= 0.6 is 0 Å². The highest BCUT2D eigenvalue weighted by atomic mass is 19.4. The van der Waals surface area contributed by atoms with Crippen molar-refractivity contribution in [2.75, 3.05) is 18.5 Å². The van der Waals surface area contributed by atoms with Gasteiger partial charge in [-0.1, -0.05) is 0 Å². The number of anilines is 1. The van der Waals surface area contributed by atoms with E-state index >= 15 is 0 Å². The SMILES string of the molecule is CN1C(=O)NC(=O)C2(Cc3cc(C(F)(F)F)ccc3N3CCCCC32)C1=O. The molecule has 1 spiro atoms. The minimum Gasteiger partial charge on any atom is -0.367 e. The highest BCUT2D eigenvalue weighted by Gasteiger charge is 2.61. The number of rotatable bonds is 0. The van der Waals surface area contributed by atoms with Crippen LogP contribution in [-0.2, 0) is 22.2 Å². The number of nitrogens with zero attached hydrogens (tertiary/aromatic N) is 2. The lowest BCUT2D eigenvalue weighted by molar-refractivity contribution is -0.153. The fraction of sp³-hybridized carbons (Fsp3) is 0.500. The van der Waals surface area contributed by atoms with Crippen molar-refractivity contribution in [3.63, 3.8) is 0 Å². The highest BCUT2D eigenvalue weighted by molar-refractivity contribution is 6.20. The Hall–Kier alpha value is -2.58. The molecule has 3 aliphatic rings. The molecule has 2 unspecified atom stereocenters. The van der Waals surface area contributed by atoms with E-state index in [4.69, 9.17) is 0 Å². The minimum absolute atomic E-state index is 0.157. The van der Waals surface area contributed by atoms with E-state index < -0.39 is 41.0 Å². The number of barbiturate groups is 1. The maximum atomic E-state index is 13.2. The van der Waals surface area contributed by atoms with Crippen molar-refractivity contribution in [1.29, 1.82) is 0 Å². The van der Waals surface area contributed by atoms with Crippen LogP contribution in [-0.4, -0.2) is 42.4 Å². The second kappa shape index (κ2) is 5.71. The number of hydrogen-bond acceptors (Lipinski definition) is 4. The fourth-order valence-electron chi connectivity index (χ4n) is 4.56. The highest BCUT2D eigenvalue weighted by Crippen LogP contribution is 2.48. The fourth-order valence-corrected chi connectivity index (χ4v) is 4.56. The Bertz CT molecular complexity index is 854. The number of nitrogens with one attached hydrogen (secondary N) is 1. The largest absolute Gasteiger partial charge is 0.416 e. The standard InChI is InChI=1S/C18H18F3N3O3/c1-23-15(26)17(14(25)22-16(23)27)9-10-8-11(18(19,20)21)5-6-12(10)24-7-3-2-4-13(17)24/h5-6,8,13H,2-4,7,9H2,1H3,(H,22,25,27). The molecule has 1 N–H and O–H groups in total. The number of imide groups is 2. The van der Waals surface area contributed by atoms with E-state index in [1.165, 1.54) is 13.1 Å². The zero-order valence-corrected chi connectivity index (χ0v) is 14.6. The molecule has 0 aromatic heterocycles. The first-order valence-corrected chi connectivity index (χ1v) is 8.76. The molecule has 2 saturated heterocycles. The smallest absolute Gasteiger partial charge is 0.367 e. The Morgan fingerprint density at radius 3 is 2.63 bits per heavy atom. The second-order valence-electron chi connectivity index (χ2n) is 7.32. The third kappa shape index (κ3) is 2.44. The summed E-state index contributed by atoms with van der Waals surface area (Å²) in [5.74, 6) is -1.38. The van der Waals surface area contributed by atoms with Crippen LogP contribution in [0.25, 0.3) is 0 Å². The molecule has 6 nitrogen and oxygen atoms in total. The molecule has 3 aliphatic heterocycles. The van der Waals surface area contributed by atoms with Crippen molar-refractivity contribution < 1.29 is 27.6 Å². The quantitative estimate of drug-likeness (QED) is 0.701. The molecule has 4 rings (SSSR count). The molecule has 1 aromatic rings. The summed E-state index contributed by atoms with van der Waals surface area (Å²) in [4.78, 5) is 40.5. The number of hydrogen-bond donors (Lipinski definition) is 1. The van der Waals surface area contributed by atoms with Gasteiger partial charge in [0.25, 0.3) is 0 Å². The summed E-state index contributed by atoms with van der Waals surface area (Å²) < 4.78 is 39.5. The van der Waals surface area contributed by atoms with Crippen LogP contribution in [0.1, 0.15) is 30.4 Å². The molecule has 1 aromatic carbocycles. The van der Waals surface area contributed by atoms with E-state index in [-0.39, 0.29) is 6.42 Å². The van der Waals surface area contributed by atoms with Gasteiger partial charge in [-0.15, -0.1) is 0 Å². The molecule has 0 aliphatic carbocycles. The van der Waals surface area contributed by atoms with Crippen LogP contribution in [0.4, 0.5) is 23.7 Å².